The van der Waals surface area contributed by atoms with Gasteiger partial charge in [0.2, 0.25) is 0 Å². The van der Waals surface area contributed by atoms with Gasteiger partial charge in [0, 0.05) is 11.5 Å². The van der Waals surface area contributed by atoms with E-state index >= 15 is 0 Å². The summed E-state index contributed by atoms with van der Waals surface area (Å²) >= 11 is 3.03. The van der Waals surface area contributed by atoms with E-state index in [2.05, 4.69) is 41.7 Å². The zero-order chi connectivity index (χ0) is 42.3. The Labute approximate surface area is 355 Å². The number of carbonyl (C=O) groups is 3. The van der Waals surface area contributed by atoms with Crippen LogP contribution in [0, 0.1) is 0 Å². The summed E-state index contributed by atoms with van der Waals surface area (Å²) in [5.74, 6) is -1.67. The van der Waals surface area contributed by atoms with Gasteiger partial charge in [-0.25, -0.2) is 9.59 Å². The molecule has 0 fully saturated rings. The number of thioether (sulfide) groups is 2. The first kappa shape index (κ1) is 44.3. The van der Waals surface area contributed by atoms with Gasteiger partial charge in [-0.15, -0.1) is 23.5 Å². The molecule has 6 aromatic carbocycles. The Morgan fingerprint density at radius 2 is 0.780 bits per heavy atom. The van der Waals surface area contributed by atoms with Crippen LogP contribution in [0.3, 0.4) is 0 Å². The maximum Gasteiger partial charge on any atom is 0.408 e. The molecule has 5 N–H and O–H groups in total. The van der Waals surface area contributed by atoms with Crippen LogP contribution in [-0.4, -0.2) is 57.4 Å². The third-order valence-electron chi connectivity index (χ3n) is 9.33. The number of carboxylic acids is 2. The van der Waals surface area contributed by atoms with Crippen molar-refractivity contribution in [3.05, 3.63) is 215 Å². The van der Waals surface area contributed by atoms with E-state index in [1.54, 1.807) is 32.5 Å². The summed E-state index contributed by atoms with van der Waals surface area (Å²) in [7, 11) is 0. The lowest BCUT2D eigenvalue weighted by Crippen LogP contribution is -2.45. The number of benzene rings is 6. The maximum absolute atomic E-state index is 12.3. The molecule has 0 aliphatic carbocycles. The van der Waals surface area contributed by atoms with Crippen molar-refractivity contribution in [2.24, 2.45) is 5.73 Å². The second kappa shape index (κ2) is 20.7. The highest BCUT2D eigenvalue weighted by Crippen LogP contribution is 2.50. The summed E-state index contributed by atoms with van der Waals surface area (Å²) in [4.78, 5) is 35.6. The van der Waals surface area contributed by atoms with Crippen LogP contribution in [0.25, 0.3) is 0 Å². The number of ether oxygens (including phenoxy) is 1. The molecule has 0 aromatic heterocycles. The summed E-state index contributed by atoms with van der Waals surface area (Å²) in [5, 5.41) is 21.6. The molecule has 0 saturated heterocycles. The van der Waals surface area contributed by atoms with Crippen LogP contribution in [-0.2, 0) is 23.8 Å². The minimum atomic E-state index is -1.12. The van der Waals surface area contributed by atoms with Gasteiger partial charge in [0.15, 0.2) is 0 Å². The summed E-state index contributed by atoms with van der Waals surface area (Å²) in [5.41, 5.74) is 11.5. The molecule has 0 aliphatic heterocycles. The molecule has 2 atom stereocenters. The first-order chi connectivity index (χ1) is 28.4. The van der Waals surface area contributed by atoms with Gasteiger partial charge in [-0.2, -0.15) is 0 Å². The van der Waals surface area contributed by atoms with Crippen molar-refractivity contribution in [2.75, 3.05) is 11.5 Å². The van der Waals surface area contributed by atoms with Gasteiger partial charge < -0.3 is 26.0 Å². The van der Waals surface area contributed by atoms with Crippen molar-refractivity contribution in [3.63, 3.8) is 0 Å². The standard InChI is InChI=1S/C27H29NO4S.C22H21NO2S/c1-26(2,3)32-25(31)28-23(24(29)30)19-33-27(20-13-7-4-8-14-20,21-15-9-5-10-16-21)22-17-11-6-12-18-22;23-20(21(24)25)16-26-22(17-10-4-1-5-11-17,18-12-6-2-7-13-18)19-14-8-3-9-15-19/h4-18,23H,19H2,1-3H3,(H,28,31)(H,29,30);1-15,20H,16,23H2,(H,24,25)/t23-;20-/m00/s1. The van der Waals surface area contributed by atoms with Crippen molar-refractivity contribution in [3.8, 4) is 0 Å². The monoisotopic (exact) mass is 826 g/mol. The number of nitrogens with two attached hydrogens (primary N) is 1. The molecule has 0 saturated carbocycles. The number of nitrogens with one attached hydrogen (secondary N) is 1. The molecule has 6 rings (SSSR count). The van der Waals surface area contributed by atoms with E-state index in [0.717, 1.165) is 33.4 Å². The fraction of sp³-hybridized carbons (Fsp3) is 0.204. The van der Waals surface area contributed by atoms with Crippen molar-refractivity contribution < 1.29 is 29.3 Å². The maximum atomic E-state index is 12.3. The molecule has 0 bridgehead atoms. The molecule has 0 heterocycles. The largest absolute Gasteiger partial charge is 0.480 e. The fourth-order valence-electron chi connectivity index (χ4n) is 6.66. The third kappa shape index (κ3) is 11.4. The van der Waals surface area contributed by atoms with Crippen LogP contribution in [0.1, 0.15) is 54.2 Å². The van der Waals surface area contributed by atoms with Crippen molar-refractivity contribution >= 4 is 41.6 Å². The molecule has 304 valence electrons. The molecule has 0 aliphatic rings. The number of carboxylic acid groups (broad SMARTS) is 2. The molecule has 0 radical (unpaired) electrons. The molecule has 10 heteroatoms. The number of aliphatic carboxylic acids is 2. The highest BCUT2D eigenvalue weighted by Gasteiger charge is 2.40. The predicted octanol–water partition coefficient (Wildman–Crippen LogP) is 9.81. The third-order valence-corrected chi connectivity index (χ3v) is 12.6. The van der Waals surface area contributed by atoms with Gasteiger partial charge in [-0.05, 0) is 54.2 Å². The number of alkyl carbamates (subject to hydrolysis) is 1. The minimum Gasteiger partial charge on any atom is -0.480 e. The highest BCUT2D eigenvalue weighted by molar-refractivity contribution is 8.01. The Balaban J connectivity index is 0.000000230. The van der Waals surface area contributed by atoms with E-state index in [4.69, 9.17) is 10.5 Å². The van der Waals surface area contributed by atoms with Gasteiger partial charge >= 0.3 is 18.0 Å². The molecule has 0 spiro atoms. The Morgan fingerprint density at radius 1 is 0.508 bits per heavy atom. The lowest BCUT2D eigenvalue weighted by Gasteiger charge is -2.36. The van der Waals surface area contributed by atoms with Crippen LogP contribution < -0.4 is 11.1 Å². The van der Waals surface area contributed by atoms with E-state index in [0.29, 0.717) is 5.75 Å². The van der Waals surface area contributed by atoms with E-state index in [1.165, 1.54) is 11.8 Å². The topological polar surface area (TPSA) is 139 Å². The van der Waals surface area contributed by atoms with Crippen molar-refractivity contribution in [2.45, 2.75) is 47.9 Å². The molecule has 8 nitrogen and oxygen atoms in total. The second-order valence-corrected chi connectivity index (χ2v) is 17.1. The normalized spacial score (nSPS) is 12.5. The van der Waals surface area contributed by atoms with Gasteiger partial charge in [-0.3, -0.25) is 4.79 Å². The summed E-state index contributed by atoms with van der Waals surface area (Å²) in [6.45, 7) is 5.22. The Morgan fingerprint density at radius 3 is 1.02 bits per heavy atom. The summed E-state index contributed by atoms with van der Waals surface area (Å²) < 4.78 is 4.08. The lowest BCUT2D eigenvalue weighted by atomic mass is 9.84. The Bertz CT molecular complexity index is 2010. The van der Waals surface area contributed by atoms with Crippen LogP contribution >= 0.6 is 23.5 Å². The van der Waals surface area contributed by atoms with Crippen LogP contribution in [0.15, 0.2) is 182 Å². The quantitative estimate of drug-likeness (QED) is 0.0746. The van der Waals surface area contributed by atoms with Gasteiger partial charge in [0.25, 0.3) is 0 Å². The zero-order valence-electron chi connectivity index (χ0n) is 33.3. The number of carbonyl (C=O) groups excluding carboxylic acids is 1. The first-order valence-electron chi connectivity index (χ1n) is 19.2. The van der Waals surface area contributed by atoms with E-state index in [1.807, 2.05) is 146 Å². The Hall–Kier alpha value is -5.81. The van der Waals surface area contributed by atoms with Gasteiger partial charge in [-0.1, -0.05) is 182 Å². The lowest BCUT2D eigenvalue weighted by molar-refractivity contribution is -0.139. The number of hydrogen-bond donors (Lipinski definition) is 4. The van der Waals surface area contributed by atoms with E-state index in [9.17, 15) is 24.6 Å². The molecular formula is C49H50N2O6S2. The van der Waals surface area contributed by atoms with Crippen LogP contribution in [0.5, 0.6) is 0 Å². The SMILES string of the molecule is CC(C)(C)OC(=O)N[C@@H](CSC(c1ccccc1)(c1ccccc1)c1ccccc1)C(=O)O.N[C@@H](CSC(c1ccccc1)(c1ccccc1)c1ccccc1)C(=O)O. The molecule has 1 amide bonds. The average molecular weight is 827 g/mol. The first-order valence-corrected chi connectivity index (χ1v) is 21.2. The van der Waals surface area contributed by atoms with Gasteiger partial charge in [0.05, 0.1) is 9.49 Å². The van der Waals surface area contributed by atoms with E-state index < -0.39 is 45.2 Å². The van der Waals surface area contributed by atoms with Gasteiger partial charge in [0.1, 0.15) is 17.7 Å². The average Bonchev–Trinajstić information content (AvgIpc) is 3.25. The molecule has 0 unspecified atom stereocenters. The molecule has 59 heavy (non-hydrogen) atoms. The number of amides is 1. The second-order valence-electron chi connectivity index (χ2n) is 14.7. The summed E-state index contributed by atoms with van der Waals surface area (Å²) in [6.07, 6.45) is -0.750. The van der Waals surface area contributed by atoms with Crippen LogP contribution in [0.4, 0.5) is 4.79 Å². The van der Waals surface area contributed by atoms with E-state index in [-0.39, 0.29) is 5.75 Å². The Kier molecular flexibility index (Phi) is 15.6. The zero-order valence-corrected chi connectivity index (χ0v) is 34.9. The number of rotatable bonds is 15. The van der Waals surface area contributed by atoms with Crippen LogP contribution in [0.2, 0.25) is 0 Å². The minimum absolute atomic E-state index is 0.132. The predicted molar refractivity (Wildman–Crippen MR) is 240 cm³/mol. The highest BCUT2D eigenvalue weighted by atomic mass is 32.2. The smallest absolute Gasteiger partial charge is 0.408 e. The van der Waals surface area contributed by atoms with Crippen molar-refractivity contribution in [1.29, 1.82) is 0 Å². The fourth-order valence-corrected chi connectivity index (χ4v) is 9.69. The van der Waals surface area contributed by atoms with Crippen molar-refractivity contribution in [1.82, 2.24) is 5.32 Å². The molecule has 6 aromatic rings. The number of hydrogen-bond acceptors (Lipinski definition) is 7. The molecular weight excluding hydrogens is 777 g/mol. The summed E-state index contributed by atoms with van der Waals surface area (Å²) in [6, 6.07) is 58.5.